The second kappa shape index (κ2) is 43.3. The van der Waals surface area contributed by atoms with E-state index in [1.165, 1.54) is 0 Å². The van der Waals surface area contributed by atoms with E-state index in [9.17, 15) is 35.1 Å². The van der Waals surface area contributed by atoms with E-state index in [-0.39, 0.29) is 75.5 Å². The molecule has 0 spiro atoms. The molecule has 4 aromatic carbocycles. The number of benzene rings is 4. The van der Waals surface area contributed by atoms with Gasteiger partial charge in [-0.25, -0.2) is 46.3 Å². The maximum absolute atomic E-state index is 13.6. The van der Waals surface area contributed by atoms with Gasteiger partial charge in [-0.15, -0.1) is 0 Å². The number of anilines is 4. The normalized spacial score (nSPS) is 16.4. The summed E-state index contributed by atoms with van der Waals surface area (Å²) in [6.07, 6.45) is 15.1. The molecule has 710 valence electrons. The molecule has 20 rings (SSSR count). The molecule has 0 unspecified atom stereocenters. The van der Waals surface area contributed by atoms with Crippen LogP contribution in [0.3, 0.4) is 0 Å². The third-order valence-electron chi connectivity index (χ3n) is 24.9. The monoisotopic (exact) mass is 2210 g/mol. The van der Waals surface area contributed by atoms with Crippen molar-refractivity contribution < 1.29 is 54.1 Å². The number of hydrogen-bond donors (Lipinski definition) is 4. The molecule has 15 aromatic rings. The van der Waals surface area contributed by atoms with Crippen LogP contribution in [0.2, 0.25) is 20.0 Å². The van der Waals surface area contributed by atoms with E-state index in [1.54, 1.807) is 71.8 Å². The summed E-state index contributed by atoms with van der Waals surface area (Å²) in [4.78, 5) is 42.7. The van der Waals surface area contributed by atoms with Gasteiger partial charge in [-0.2, -0.15) is 15.3 Å². The maximum Gasteiger partial charge on any atom is 0.248 e. The first-order chi connectivity index (χ1) is 65.4. The molecule has 5 aliphatic rings. The van der Waals surface area contributed by atoms with Crippen LogP contribution in [0, 0.1) is 7.40 Å². The van der Waals surface area contributed by atoms with Crippen LogP contribution in [0.15, 0.2) is 212 Å². The number of rotatable bonds is 23. The van der Waals surface area contributed by atoms with E-state index in [1.807, 2.05) is 166 Å². The molecule has 4 fully saturated rings. The molecule has 1 aliphatic heterocycles. The summed E-state index contributed by atoms with van der Waals surface area (Å²) in [5.74, 6) is -3.98. The molecule has 0 radical (unpaired) electrons. The zero-order valence-electron chi connectivity index (χ0n) is 76.2. The van der Waals surface area contributed by atoms with Crippen LogP contribution in [-0.2, 0) is 32.7 Å². The van der Waals surface area contributed by atoms with E-state index in [4.69, 9.17) is 40.7 Å². The minimum Gasteiger partial charge on any atom is -0.497 e. The Kier molecular flexibility index (Phi) is 31.2. The van der Waals surface area contributed by atoms with Gasteiger partial charge in [0.1, 0.15) is 53.0 Å². The molecule has 4 saturated carbocycles. The molecule has 4 N–H and O–H groups in total. The summed E-state index contributed by atoms with van der Waals surface area (Å²) in [6.45, 7) is 3.13. The van der Waals surface area contributed by atoms with Crippen molar-refractivity contribution in [2.45, 2.75) is 198 Å². The van der Waals surface area contributed by atoms with Gasteiger partial charge in [0.15, 0.2) is 0 Å². The summed E-state index contributed by atoms with van der Waals surface area (Å²) in [5.41, 5.74) is 13.5. The van der Waals surface area contributed by atoms with Gasteiger partial charge in [0.05, 0.1) is 97.3 Å². The van der Waals surface area contributed by atoms with Gasteiger partial charge >= 0.3 is 186 Å². The number of ether oxygens (including phenoxy) is 4. The molecular weight excluding hydrogens is 2110 g/mol. The largest absolute Gasteiger partial charge is 0.497 e. The van der Waals surface area contributed by atoms with Gasteiger partial charge in [-0.1, -0.05) is 60.1 Å². The van der Waals surface area contributed by atoms with Crippen LogP contribution >= 0.6 is 56.8 Å². The molecule has 11 aromatic heterocycles. The number of pyridine rings is 7. The van der Waals surface area contributed by atoms with Gasteiger partial charge in [0.25, 0.3) is 0 Å². The molecule has 4 aliphatic carbocycles. The molecule has 0 amide bonds. The molecule has 0 saturated heterocycles. The van der Waals surface area contributed by atoms with Gasteiger partial charge < -0.3 is 30.2 Å². The molecule has 136 heavy (non-hydrogen) atoms. The van der Waals surface area contributed by atoms with Crippen molar-refractivity contribution in [2.75, 3.05) is 49.7 Å². The van der Waals surface area contributed by atoms with Crippen molar-refractivity contribution in [1.82, 2.24) is 74.0 Å². The number of nitrogens with zero attached hydrogens (tertiary/aromatic N) is 16. The zero-order chi connectivity index (χ0) is 95.5. The SMILES string of the molecule is COc1ccc(Cn2n[c]([Sn]([CH3])([CH3])[CH3])c3c(NC4CCC(F)(F)CC4)nccc32)cc1.COc1ccc(Cn2nc(-c3ccccn3)c3c(NC4CCC(F)(F)CC4)nccc32)cc1.COc1ccc(Cn2nc(I)c3c(Cl)nccc32)cc1.COc1ccc(Cn2nc(I)c3c(NC4CCC(F)(F)CC4)nccc32)cc1.FC1(F)CCC(Nc2nccc3c2C(c2ccccn2)=NC3)CC1. The topological polar surface area (TPSA) is 259 Å². The maximum atomic E-state index is 13.6. The Morgan fingerprint density at radius 2 is 0.684 bits per heavy atom. The number of hydrogen-bond acceptors (Lipinski definition) is 20. The van der Waals surface area contributed by atoms with Gasteiger partial charge in [0, 0.05) is 99.4 Å². The minimum atomic E-state index is -2.59. The van der Waals surface area contributed by atoms with Crippen molar-refractivity contribution in [3.8, 4) is 34.4 Å². The summed E-state index contributed by atoms with van der Waals surface area (Å²) < 4.78 is 140. The quantitative estimate of drug-likeness (QED) is 0.0201. The Bertz CT molecular complexity index is 6600. The first-order valence-electron chi connectivity index (χ1n) is 45.3. The van der Waals surface area contributed by atoms with Gasteiger partial charge in [0.2, 0.25) is 17.8 Å². The third-order valence-corrected chi connectivity index (χ3v) is 31.8. The Morgan fingerprint density at radius 1 is 0.360 bits per heavy atom. The number of halogens is 11. The first-order valence-corrected chi connectivity index (χ1v) is 57.8. The van der Waals surface area contributed by atoms with E-state index in [0.29, 0.717) is 95.1 Å². The van der Waals surface area contributed by atoms with Crippen LogP contribution in [0.25, 0.3) is 55.0 Å². The van der Waals surface area contributed by atoms with Crippen molar-refractivity contribution in [3.63, 3.8) is 0 Å². The van der Waals surface area contributed by atoms with E-state index in [0.717, 1.165) is 151 Å². The fourth-order valence-electron chi connectivity index (χ4n) is 17.5. The zero-order valence-corrected chi connectivity index (χ0v) is 84.2. The number of fused-ring (bicyclic) bond motifs is 5. The molecule has 12 heterocycles. The Hall–Kier alpha value is -11.1. The third kappa shape index (κ3) is 24.3. The summed E-state index contributed by atoms with van der Waals surface area (Å²) >= 11 is 7.93. The minimum absolute atomic E-state index is 0.0125. The second-order valence-electron chi connectivity index (χ2n) is 35.6. The van der Waals surface area contributed by atoms with E-state index < -0.39 is 42.1 Å². The second-order valence-corrected chi connectivity index (χ2v) is 52.2. The van der Waals surface area contributed by atoms with Crippen molar-refractivity contribution >= 4 is 151 Å². The van der Waals surface area contributed by atoms with Crippen LogP contribution in [0.1, 0.15) is 142 Å². The van der Waals surface area contributed by atoms with Crippen LogP contribution in [-0.4, -0.2) is 174 Å². The average Bonchev–Trinajstić information content (AvgIpc) is 1.62. The number of nitrogens with one attached hydrogen (secondary N) is 4. The fraction of sp³-hybridized carbons (Fsp3) is 0.360. The Labute approximate surface area is 819 Å². The van der Waals surface area contributed by atoms with Crippen LogP contribution in [0.4, 0.5) is 58.4 Å². The number of alkyl halides is 8. The van der Waals surface area contributed by atoms with Crippen molar-refractivity contribution in [2.24, 2.45) is 4.99 Å². The standard InChI is InChI=1S/C25H25F2N5O.C20H21F2IN4O.C20H21F2N4O.C18H18F2N4.C14H11ClIN3O.3CH3.Sn/c1-33-19-7-5-17(6-8-19)16-32-21-11-15-29-24(30-18-9-12-25(26,27)13-10-18)22(21)23(31-32)20-4-2-3-14-28-20;1-28-15-4-2-13(3-5-15)12-27-16-8-11-24-19(17(16)18(23)26-27)25-14-6-9-20(21,22)10-7-14;1-27-16-4-2-14(3-5-16)13-26-18-8-11-23-19(17(18)12-24-26)25-15-6-9-20(21,22)10-7-15;19-18(20)7-4-13(5-8-18)24-17-15-12(6-10-22-17)11-23-16(15)14-3-1-2-9-21-14;1-20-10-4-2-9(3-5-10)8-19-11-6-7-17-13(15)12(11)14(16)18-19;;;;/h2-8,11,14-15,18H,9-10,12-13,16H2,1H3,(H,29,30);2-5,8,11,14H,6-7,9-10,12H2,1H3,(H,24,25);2-5,8,11,15H,6-7,9-10,13H2,1H3,(H,23,25);1-3,6,9-10,13H,4-5,7-8,11H2,(H,22,24);2-7H,8H2,1H3;3*1H3;. The molecule has 24 nitrogen and oxygen atoms in total. The summed E-state index contributed by atoms with van der Waals surface area (Å²) in [5, 5.41) is 37.1. The number of aromatic nitrogens is 15. The van der Waals surface area contributed by atoms with Crippen molar-refractivity contribution in [3.05, 3.63) is 259 Å². The predicted molar refractivity (Wildman–Crippen MR) is 536 cm³/mol. The molecule has 0 atom stereocenters. The van der Waals surface area contributed by atoms with Crippen LogP contribution < -0.4 is 43.9 Å². The smallest absolute Gasteiger partial charge is 0.248 e. The first kappa shape index (κ1) is 97.9. The van der Waals surface area contributed by atoms with Gasteiger partial charge in [-0.05, 0) is 191 Å². The molecule has 0 bridgehead atoms. The van der Waals surface area contributed by atoms with Crippen molar-refractivity contribution in [1.29, 1.82) is 0 Å². The fourth-order valence-corrected chi connectivity index (χ4v) is 23.5. The predicted octanol–water partition coefficient (Wildman–Crippen LogP) is 23.2. The number of aliphatic imine (C=N–C) groups is 1. The Balaban J connectivity index is 0.000000124. The summed E-state index contributed by atoms with van der Waals surface area (Å²) in [6, 6.07) is 52.9. The van der Waals surface area contributed by atoms with E-state index >= 15 is 0 Å². The number of methoxy groups -OCH3 is 4. The van der Waals surface area contributed by atoms with E-state index in [2.05, 4.69) is 148 Å². The summed E-state index contributed by atoms with van der Waals surface area (Å²) in [7, 11) is 6.61. The van der Waals surface area contributed by atoms with Crippen LogP contribution in [0.5, 0.6) is 23.0 Å². The average molecular weight is 2210 g/mol. The molecule has 36 heteroatoms. The molecular formula is C100H105ClF8I2N20O4Sn. The Morgan fingerprint density at radius 3 is 1.07 bits per heavy atom. The van der Waals surface area contributed by atoms with Gasteiger partial charge in [-0.3, -0.25) is 29.0 Å².